The van der Waals surface area contributed by atoms with Gasteiger partial charge < -0.3 is 15.8 Å². The summed E-state index contributed by atoms with van der Waals surface area (Å²) in [6.45, 7) is 2.33. The molecule has 5 nitrogen and oxygen atoms in total. The SMILES string of the molecule is CC(N)CCNC(=O)c1ccc(Oc2ccc(C(F)(F)F)cn2)cc1.Cl.Cl. The molecule has 10 heteroatoms. The van der Waals surface area contributed by atoms with Gasteiger partial charge in [-0.3, -0.25) is 4.79 Å². The van der Waals surface area contributed by atoms with Gasteiger partial charge in [0.1, 0.15) is 5.75 Å². The van der Waals surface area contributed by atoms with Crippen molar-refractivity contribution in [2.75, 3.05) is 6.54 Å². The van der Waals surface area contributed by atoms with Crippen LogP contribution in [0.5, 0.6) is 11.6 Å². The summed E-state index contributed by atoms with van der Waals surface area (Å²) in [4.78, 5) is 15.5. The number of nitrogens with two attached hydrogens (primary N) is 1. The first-order valence-corrected chi connectivity index (χ1v) is 7.60. The number of pyridine rings is 1. The summed E-state index contributed by atoms with van der Waals surface area (Å²) in [5, 5.41) is 2.74. The van der Waals surface area contributed by atoms with Gasteiger partial charge in [0.25, 0.3) is 5.91 Å². The van der Waals surface area contributed by atoms with Gasteiger partial charge in [-0.05, 0) is 43.7 Å². The van der Waals surface area contributed by atoms with Crippen LogP contribution in [0.25, 0.3) is 0 Å². The van der Waals surface area contributed by atoms with Crippen LogP contribution in [-0.2, 0) is 6.18 Å². The standard InChI is InChI=1S/C17H18F3N3O2.2ClH/c1-11(21)8-9-22-16(24)12-2-5-14(6-3-12)25-15-7-4-13(10-23-15)17(18,19)20;;/h2-7,10-11H,8-9,21H2,1H3,(H,22,24);2*1H. The number of ether oxygens (including phenoxy) is 1. The molecular weight excluding hydrogens is 406 g/mol. The van der Waals surface area contributed by atoms with Crippen molar-refractivity contribution in [1.82, 2.24) is 10.3 Å². The minimum atomic E-state index is -4.44. The molecule has 1 atom stereocenters. The fraction of sp³-hybridized carbons (Fsp3) is 0.294. The normalized spacial score (nSPS) is 11.6. The second-order valence-corrected chi connectivity index (χ2v) is 5.53. The quantitative estimate of drug-likeness (QED) is 0.726. The van der Waals surface area contributed by atoms with Crippen LogP contribution < -0.4 is 15.8 Å². The number of carbonyl (C=O) groups excluding carboxylic acids is 1. The molecule has 0 aliphatic rings. The zero-order valence-corrected chi connectivity index (χ0v) is 16.0. The van der Waals surface area contributed by atoms with Crippen LogP contribution in [0.3, 0.4) is 0 Å². The van der Waals surface area contributed by atoms with Crippen LogP contribution in [-0.4, -0.2) is 23.5 Å². The summed E-state index contributed by atoms with van der Waals surface area (Å²) in [7, 11) is 0. The van der Waals surface area contributed by atoms with E-state index >= 15 is 0 Å². The average molecular weight is 426 g/mol. The molecule has 3 N–H and O–H groups in total. The van der Waals surface area contributed by atoms with Gasteiger partial charge in [-0.25, -0.2) is 4.98 Å². The van der Waals surface area contributed by atoms with E-state index in [2.05, 4.69) is 10.3 Å². The monoisotopic (exact) mass is 425 g/mol. The minimum absolute atomic E-state index is 0. The van der Waals surface area contributed by atoms with Crippen molar-refractivity contribution in [2.45, 2.75) is 25.6 Å². The van der Waals surface area contributed by atoms with Crippen molar-refractivity contribution < 1.29 is 22.7 Å². The van der Waals surface area contributed by atoms with Gasteiger partial charge in [0.2, 0.25) is 5.88 Å². The van der Waals surface area contributed by atoms with Crippen molar-refractivity contribution in [2.24, 2.45) is 5.73 Å². The maximum Gasteiger partial charge on any atom is 0.417 e. The molecule has 1 heterocycles. The van der Waals surface area contributed by atoms with Crippen LogP contribution in [0.1, 0.15) is 29.3 Å². The third-order valence-electron chi connectivity index (χ3n) is 3.29. The summed E-state index contributed by atoms with van der Waals surface area (Å²) in [6, 6.07) is 8.23. The van der Waals surface area contributed by atoms with Gasteiger partial charge in [-0.2, -0.15) is 13.2 Å². The number of amides is 1. The molecule has 0 radical (unpaired) electrons. The third-order valence-corrected chi connectivity index (χ3v) is 3.29. The van der Waals surface area contributed by atoms with E-state index in [4.69, 9.17) is 10.5 Å². The van der Waals surface area contributed by atoms with E-state index in [1.807, 2.05) is 6.92 Å². The number of nitrogens with zero attached hydrogens (tertiary/aromatic N) is 1. The Morgan fingerprint density at radius 1 is 1.19 bits per heavy atom. The van der Waals surface area contributed by atoms with Gasteiger partial charge in [-0.15, -0.1) is 24.8 Å². The van der Waals surface area contributed by atoms with Crippen LogP contribution >= 0.6 is 24.8 Å². The highest BCUT2D eigenvalue weighted by Gasteiger charge is 2.30. The number of halogens is 5. The fourth-order valence-electron chi connectivity index (χ4n) is 1.92. The molecule has 0 bridgehead atoms. The first-order chi connectivity index (χ1) is 11.8. The van der Waals surface area contributed by atoms with E-state index in [0.717, 1.165) is 12.1 Å². The molecule has 1 unspecified atom stereocenters. The number of alkyl halides is 3. The Bertz CT molecular complexity index is 709. The zero-order valence-electron chi connectivity index (χ0n) is 14.3. The highest BCUT2D eigenvalue weighted by atomic mass is 35.5. The lowest BCUT2D eigenvalue weighted by Crippen LogP contribution is -2.28. The van der Waals surface area contributed by atoms with Crippen molar-refractivity contribution in [3.63, 3.8) is 0 Å². The molecular formula is C17H20Cl2F3N3O2. The molecule has 27 heavy (non-hydrogen) atoms. The molecule has 1 aromatic carbocycles. The maximum absolute atomic E-state index is 12.5. The highest BCUT2D eigenvalue weighted by molar-refractivity contribution is 5.94. The zero-order chi connectivity index (χ0) is 18.4. The van der Waals surface area contributed by atoms with Crippen molar-refractivity contribution >= 4 is 30.7 Å². The Kier molecular flexibility index (Phi) is 10.1. The number of hydrogen-bond acceptors (Lipinski definition) is 4. The first kappa shape index (κ1) is 25.0. The van der Waals surface area contributed by atoms with Gasteiger partial charge in [0, 0.05) is 30.4 Å². The van der Waals surface area contributed by atoms with E-state index in [0.29, 0.717) is 30.5 Å². The second-order valence-electron chi connectivity index (χ2n) is 5.53. The lowest BCUT2D eigenvalue weighted by molar-refractivity contribution is -0.137. The minimum Gasteiger partial charge on any atom is -0.439 e. The summed E-state index contributed by atoms with van der Waals surface area (Å²) in [5.41, 5.74) is 5.20. The van der Waals surface area contributed by atoms with Gasteiger partial charge in [0.15, 0.2) is 0 Å². The summed E-state index contributed by atoms with van der Waals surface area (Å²) in [6.07, 6.45) is -3.07. The number of nitrogens with one attached hydrogen (secondary N) is 1. The first-order valence-electron chi connectivity index (χ1n) is 7.60. The van der Waals surface area contributed by atoms with E-state index in [1.54, 1.807) is 24.3 Å². The number of carbonyl (C=O) groups is 1. The topological polar surface area (TPSA) is 77.2 Å². The Balaban J connectivity index is 0.00000338. The maximum atomic E-state index is 12.5. The van der Waals surface area contributed by atoms with E-state index < -0.39 is 11.7 Å². The summed E-state index contributed by atoms with van der Waals surface area (Å²) >= 11 is 0. The van der Waals surface area contributed by atoms with Crippen molar-refractivity contribution in [3.8, 4) is 11.6 Å². The highest BCUT2D eigenvalue weighted by Crippen LogP contribution is 2.30. The summed E-state index contributed by atoms with van der Waals surface area (Å²) < 4.78 is 42.8. The Morgan fingerprint density at radius 2 is 1.81 bits per heavy atom. The smallest absolute Gasteiger partial charge is 0.417 e. The lowest BCUT2D eigenvalue weighted by atomic mass is 10.2. The third kappa shape index (κ3) is 8.03. The average Bonchev–Trinajstić information content (AvgIpc) is 2.55. The lowest BCUT2D eigenvalue weighted by Gasteiger charge is -2.09. The largest absolute Gasteiger partial charge is 0.439 e. The van der Waals surface area contributed by atoms with Crippen molar-refractivity contribution in [1.29, 1.82) is 0 Å². The van der Waals surface area contributed by atoms with Crippen LogP contribution in [0.2, 0.25) is 0 Å². The molecule has 1 aromatic heterocycles. The van der Waals surface area contributed by atoms with Gasteiger partial charge in [-0.1, -0.05) is 0 Å². The molecule has 0 fully saturated rings. The molecule has 0 saturated carbocycles. The molecule has 2 rings (SSSR count). The Hall–Kier alpha value is -2.03. The fourth-order valence-corrected chi connectivity index (χ4v) is 1.92. The molecule has 0 spiro atoms. The molecule has 2 aromatic rings. The van der Waals surface area contributed by atoms with E-state index in [9.17, 15) is 18.0 Å². The number of rotatable bonds is 6. The van der Waals surface area contributed by atoms with E-state index in [-0.39, 0.29) is 42.6 Å². The van der Waals surface area contributed by atoms with Crippen LogP contribution in [0.4, 0.5) is 13.2 Å². The van der Waals surface area contributed by atoms with Crippen LogP contribution in [0.15, 0.2) is 42.6 Å². The Labute approximate surface area is 167 Å². The Morgan fingerprint density at radius 3 is 2.30 bits per heavy atom. The number of benzene rings is 1. The van der Waals surface area contributed by atoms with Gasteiger partial charge >= 0.3 is 6.18 Å². The molecule has 1 amide bonds. The van der Waals surface area contributed by atoms with Crippen LogP contribution in [0, 0.1) is 0 Å². The molecule has 150 valence electrons. The van der Waals surface area contributed by atoms with E-state index in [1.165, 1.54) is 0 Å². The molecule has 0 aliphatic carbocycles. The molecule has 0 saturated heterocycles. The van der Waals surface area contributed by atoms with Gasteiger partial charge in [0.05, 0.1) is 5.56 Å². The van der Waals surface area contributed by atoms with Crippen molar-refractivity contribution in [3.05, 3.63) is 53.7 Å². The predicted molar refractivity (Wildman–Crippen MR) is 101 cm³/mol. The summed E-state index contributed by atoms with van der Waals surface area (Å²) in [5.74, 6) is 0.154. The number of hydrogen-bond donors (Lipinski definition) is 2. The second kappa shape index (κ2) is 11.0. The molecule has 0 aliphatic heterocycles. The predicted octanol–water partition coefficient (Wildman–Crippen LogP) is 4.20. The number of aromatic nitrogens is 1.